The molecule has 0 aromatic heterocycles. The minimum absolute atomic E-state index is 0.00940. The number of rotatable bonds is 3. The highest BCUT2D eigenvalue weighted by Crippen LogP contribution is 2.37. The number of hydrogen-bond acceptors (Lipinski definition) is 5. The second-order valence-electron chi connectivity index (χ2n) is 6.12. The Hall–Kier alpha value is -1.60. The average Bonchev–Trinajstić information content (AvgIpc) is 2.65. The van der Waals surface area contributed by atoms with E-state index in [-0.39, 0.29) is 16.8 Å². The van der Waals surface area contributed by atoms with E-state index in [9.17, 15) is 9.18 Å². The zero-order valence-corrected chi connectivity index (χ0v) is 13.7. The highest BCUT2D eigenvalue weighted by molar-refractivity contribution is 6.63. The van der Waals surface area contributed by atoms with Crippen LogP contribution in [0.15, 0.2) is 12.1 Å². The van der Waals surface area contributed by atoms with Crippen molar-refractivity contribution in [3.8, 4) is 5.75 Å². The second-order valence-corrected chi connectivity index (χ2v) is 6.12. The van der Waals surface area contributed by atoms with Crippen LogP contribution in [-0.4, -0.2) is 38.5 Å². The van der Waals surface area contributed by atoms with Crippen LogP contribution >= 0.6 is 0 Å². The van der Waals surface area contributed by atoms with Crippen molar-refractivity contribution in [1.29, 1.82) is 0 Å². The van der Waals surface area contributed by atoms with Crippen molar-refractivity contribution >= 4 is 18.6 Å². The molecule has 120 valence electrons. The molecule has 1 aliphatic rings. The van der Waals surface area contributed by atoms with Crippen molar-refractivity contribution in [2.45, 2.75) is 38.9 Å². The summed E-state index contributed by atoms with van der Waals surface area (Å²) in [6, 6.07) is 2.81. The van der Waals surface area contributed by atoms with Crippen LogP contribution in [0.2, 0.25) is 0 Å². The molecule has 7 heteroatoms. The quantitative estimate of drug-likeness (QED) is 0.631. The first-order valence-electron chi connectivity index (χ1n) is 6.95. The Morgan fingerprint density at radius 3 is 2.14 bits per heavy atom. The molecule has 1 heterocycles. The molecule has 0 spiro atoms. The van der Waals surface area contributed by atoms with Gasteiger partial charge in [-0.15, -0.1) is 0 Å². The van der Waals surface area contributed by atoms with Crippen LogP contribution in [0.4, 0.5) is 4.39 Å². The molecular formula is C15H20BFO5. The lowest BCUT2D eigenvalue weighted by Gasteiger charge is -2.32. The smallest absolute Gasteiger partial charge is 0.494 e. The van der Waals surface area contributed by atoms with E-state index in [1.807, 2.05) is 27.7 Å². The van der Waals surface area contributed by atoms with Gasteiger partial charge in [-0.1, -0.05) is 0 Å². The minimum atomic E-state index is -1.02. The average molecular weight is 310 g/mol. The normalized spacial score (nSPS) is 19.1. The number of methoxy groups -OCH3 is 2. The number of esters is 1. The summed E-state index contributed by atoms with van der Waals surface area (Å²) >= 11 is 0. The third-order valence-corrected chi connectivity index (χ3v) is 4.26. The molecule has 0 saturated carbocycles. The third-order valence-electron chi connectivity index (χ3n) is 4.26. The maximum Gasteiger partial charge on any atom is 0.498 e. The molecule has 0 unspecified atom stereocenters. The lowest BCUT2D eigenvalue weighted by atomic mass is 9.75. The highest BCUT2D eigenvalue weighted by Gasteiger charge is 2.53. The summed E-state index contributed by atoms with van der Waals surface area (Å²) in [4.78, 5) is 11.9. The van der Waals surface area contributed by atoms with Gasteiger partial charge >= 0.3 is 13.1 Å². The SMILES string of the molecule is COC(=O)c1ccc(OC)c(F)c1B1OC(C)(C)C(C)(C)O1. The van der Waals surface area contributed by atoms with Gasteiger partial charge in [0.15, 0.2) is 11.6 Å². The first-order valence-corrected chi connectivity index (χ1v) is 6.95. The van der Waals surface area contributed by atoms with Crippen LogP contribution in [0.3, 0.4) is 0 Å². The van der Waals surface area contributed by atoms with E-state index in [1.54, 1.807) is 0 Å². The van der Waals surface area contributed by atoms with Gasteiger partial charge in [-0.2, -0.15) is 0 Å². The van der Waals surface area contributed by atoms with Gasteiger partial charge in [-0.25, -0.2) is 9.18 Å². The van der Waals surface area contributed by atoms with E-state index in [4.69, 9.17) is 18.8 Å². The summed E-state index contributed by atoms with van der Waals surface area (Å²) in [5.74, 6) is -1.34. The molecule has 1 aromatic carbocycles. The van der Waals surface area contributed by atoms with Gasteiger partial charge in [0.1, 0.15) is 0 Å². The summed E-state index contributed by atoms with van der Waals surface area (Å²) in [5.41, 5.74) is -1.26. The Labute approximate surface area is 129 Å². The van der Waals surface area contributed by atoms with Crippen LogP contribution < -0.4 is 10.2 Å². The molecule has 0 radical (unpaired) electrons. The number of halogens is 1. The van der Waals surface area contributed by atoms with Gasteiger partial charge in [-0.05, 0) is 39.8 Å². The Kier molecular flexibility index (Phi) is 4.23. The topological polar surface area (TPSA) is 54.0 Å². The molecule has 0 atom stereocenters. The lowest BCUT2D eigenvalue weighted by Crippen LogP contribution is -2.41. The third kappa shape index (κ3) is 2.59. The van der Waals surface area contributed by atoms with Crippen molar-refractivity contribution in [3.05, 3.63) is 23.5 Å². The van der Waals surface area contributed by atoms with Crippen LogP contribution in [0, 0.1) is 5.82 Å². The van der Waals surface area contributed by atoms with E-state index in [1.165, 1.54) is 26.4 Å². The molecule has 0 N–H and O–H groups in total. The van der Waals surface area contributed by atoms with Crippen molar-refractivity contribution in [1.82, 2.24) is 0 Å². The summed E-state index contributed by atoms with van der Waals surface area (Å²) in [7, 11) is 1.57. The Bertz CT molecular complexity index is 584. The molecule has 0 aliphatic carbocycles. The molecular weight excluding hydrogens is 290 g/mol. The van der Waals surface area contributed by atoms with E-state index >= 15 is 0 Å². The van der Waals surface area contributed by atoms with Crippen LogP contribution in [0.1, 0.15) is 38.1 Å². The van der Waals surface area contributed by atoms with Gasteiger partial charge in [0, 0.05) is 5.46 Å². The molecule has 0 bridgehead atoms. The number of ether oxygens (including phenoxy) is 2. The maximum atomic E-state index is 14.7. The molecule has 1 fully saturated rings. The lowest BCUT2D eigenvalue weighted by molar-refractivity contribution is 0.00578. The van der Waals surface area contributed by atoms with Crippen LogP contribution in [-0.2, 0) is 14.0 Å². The fourth-order valence-corrected chi connectivity index (χ4v) is 2.21. The van der Waals surface area contributed by atoms with Crippen molar-refractivity contribution in [2.24, 2.45) is 0 Å². The number of benzene rings is 1. The van der Waals surface area contributed by atoms with Crippen molar-refractivity contribution < 1.29 is 28.0 Å². The van der Waals surface area contributed by atoms with E-state index in [0.29, 0.717) is 0 Å². The largest absolute Gasteiger partial charge is 0.498 e. The zero-order chi connectivity index (χ0) is 16.7. The summed E-state index contributed by atoms with van der Waals surface area (Å²) in [6.07, 6.45) is 0. The first kappa shape index (κ1) is 16.8. The zero-order valence-electron chi connectivity index (χ0n) is 13.7. The fourth-order valence-electron chi connectivity index (χ4n) is 2.21. The van der Waals surface area contributed by atoms with Gasteiger partial charge in [-0.3, -0.25) is 0 Å². The predicted octanol–water partition coefficient (Wildman–Crippen LogP) is 1.92. The second kappa shape index (κ2) is 5.55. The van der Waals surface area contributed by atoms with Gasteiger partial charge in [0.25, 0.3) is 0 Å². The number of carbonyl (C=O) groups is 1. The van der Waals surface area contributed by atoms with Gasteiger partial charge in [0.2, 0.25) is 0 Å². The molecule has 5 nitrogen and oxygen atoms in total. The summed E-state index contributed by atoms with van der Waals surface area (Å²) < 4.78 is 36.1. The number of hydrogen-bond donors (Lipinski definition) is 0. The predicted molar refractivity (Wildman–Crippen MR) is 80.0 cm³/mol. The van der Waals surface area contributed by atoms with E-state index in [2.05, 4.69) is 0 Å². The molecule has 1 aliphatic heterocycles. The molecule has 22 heavy (non-hydrogen) atoms. The Balaban J connectivity index is 2.56. The van der Waals surface area contributed by atoms with E-state index in [0.717, 1.165) is 0 Å². The van der Waals surface area contributed by atoms with E-state index < -0.39 is 30.1 Å². The fraction of sp³-hybridized carbons (Fsp3) is 0.533. The van der Waals surface area contributed by atoms with Crippen LogP contribution in [0.25, 0.3) is 0 Å². The molecule has 0 amide bonds. The maximum absolute atomic E-state index is 14.7. The Morgan fingerprint density at radius 1 is 1.14 bits per heavy atom. The highest BCUT2D eigenvalue weighted by atomic mass is 19.1. The monoisotopic (exact) mass is 310 g/mol. The van der Waals surface area contributed by atoms with Crippen LogP contribution in [0.5, 0.6) is 5.75 Å². The van der Waals surface area contributed by atoms with Gasteiger partial charge in [0.05, 0.1) is 31.0 Å². The Morgan fingerprint density at radius 2 is 1.68 bits per heavy atom. The molecule has 1 saturated heterocycles. The number of carbonyl (C=O) groups excluding carboxylic acids is 1. The summed E-state index contributed by atoms with van der Waals surface area (Å²) in [6.45, 7) is 7.40. The van der Waals surface area contributed by atoms with Gasteiger partial charge < -0.3 is 18.8 Å². The first-order chi connectivity index (χ1) is 10.1. The standard InChI is InChI=1S/C15H20BFO5/c1-14(2)15(3,4)22-16(21-14)11-9(13(18)20-6)7-8-10(19-5)12(11)17/h7-8H,1-6H3. The van der Waals surface area contributed by atoms with Crippen molar-refractivity contribution in [2.75, 3.05) is 14.2 Å². The molecule has 2 rings (SSSR count). The summed E-state index contributed by atoms with van der Waals surface area (Å²) in [5, 5.41) is 0. The minimum Gasteiger partial charge on any atom is -0.494 e. The van der Waals surface area contributed by atoms with Crippen molar-refractivity contribution in [3.63, 3.8) is 0 Å². The molecule has 1 aromatic rings.